The molecule has 0 aromatic carbocycles. The van der Waals surface area contributed by atoms with E-state index in [1.165, 1.54) is 6.33 Å². The summed E-state index contributed by atoms with van der Waals surface area (Å²) >= 11 is 0. The Labute approximate surface area is 108 Å². The molecule has 0 spiro atoms. The number of aromatic nitrogens is 3. The summed E-state index contributed by atoms with van der Waals surface area (Å²) in [5, 5.41) is 7.20. The van der Waals surface area contributed by atoms with Crippen molar-refractivity contribution in [1.29, 1.82) is 0 Å². The van der Waals surface area contributed by atoms with Crippen LogP contribution in [0.2, 0.25) is 0 Å². The van der Waals surface area contributed by atoms with Crippen LogP contribution >= 0.6 is 0 Å². The normalized spacial score (nSPS) is 24.2. The third-order valence-corrected chi connectivity index (χ3v) is 5.44. The van der Waals surface area contributed by atoms with Gasteiger partial charge in [0.1, 0.15) is 12.2 Å². The molecule has 18 heavy (non-hydrogen) atoms. The van der Waals surface area contributed by atoms with E-state index in [1.54, 1.807) is 4.68 Å². The fourth-order valence-corrected chi connectivity index (χ4v) is 4.52. The lowest BCUT2D eigenvalue weighted by atomic mass is 9.88. The molecule has 1 fully saturated rings. The first-order valence-electron chi connectivity index (χ1n) is 6.19. The van der Waals surface area contributed by atoms with Crippen molar-refractivity contribution < 1.29 is 8.42 Å². The zero-order valence-electron chi connectivity index (χ0n) is 10.8. The Morgan fingerprint density at radius 2 is 2.39 bits per heavy atom. The van der Waals surface area contributed by atoms with Gasteiger partial charge in [-0.1, -0.05) is 0 Å². The van der Waals surface area contributed by atoms with E-state index in [0.717, 1.165) is 25.2 Å². The maximum Gasteiger partial charge on any atom is 0.150 e. The maximum atomic E-state index is 11.6. The van der Waals surface area contributed by atoms with Crippen LogP contribution < -0.4 is 5.32 Å². The van der Waals surface area contributed by atoms with Crippen LogP contribution in [-0.2, 0) is 23.3 Å². The first kappa shape index (κ1) is 13.5. The highest BCUT2D eigenvalue weighted by Gasteiger charge is 2.33. The molecule has 2 unspecified atom stereocenters. The number of nitrogens with one attached hydrogen (secondary N) is 1. The van der Waals surface area contributed by atoms with Gasteiger partial charge in [-0.15, -0.1) is 0 Å². The Kier molecular flexibility index (Phi) is 4.01. The molecule has 0 aliphatic carbocycles. The predicted octanol–water partition coefficient (Wildman–Crippen LogP) is -0.372. The van der Waals surface area contributed by atoms with Crippen molar-refractivity contribution in [2.24, 2.45) is 18.9 Å². The quantitative estimate of drug-likeness (QED) is 0.791. The third kappa shape index (κ3) is 3.08. The van der Waals surface area contributed by atoms with Gasteiger partial charge in [0.2, 0.25) is 0 Å². The average Bonchev–Trinajstić information content (AvgIpc) is 2.85. The number of hydrogen-bond acceptors (Lipinski definition) is 5. The smallest absolute Gasteiger partial charge is 0.150 e. The first-order chi connectivity index (χ1) is 8.52. The molecule has 1 aromatic rings. The summed E-state index contributed by atoms with van der Waals surface area (Å²) < 4.78 is 24.9. The number of nitrogens with zero attached hydrogens (tertiary/aromatic N) is 3. The lowest BCUT2D eigenvalue weighted by molar-refractivity contribution is 0.342. The monoisotopic (exact) mass is 272 g/mol. The molecule has 2 atom stereocenters. The minimum atomic E-state index is -2.82. The van der Waals surface area contributed by atoms with Crippen LogP contribution in [0.15, 0.2) is 6.33 Å². The second-order valence-corrected chi connectivity index (χ2v) is 7.21. The summed E-state index contributed by atoms with van der Waals surface area (Å²) in [5.41, 5.74) is 0. The Morgan fingerprint density at radius 3 is 2.89 bits per heavy atom. The molecule has 0 radical (unpaired) electrons. The molecule has 0 saturated carbocycles. The van der Waals surface area contributed by atoms with Crippen molar-refractivity contribution in [3.05, 3.63) is 12.2 Å². The second-order valence-electron chi connectivity index (χ2n) is 4.98. The van der Waals surface area contributed by atoms with Gasteiger partial charge >= 0.3 is 0 Å². The Balaban J connectivity index is 2.07. The van der Waals surface area contributed by atoms with Gasteiger partial charge in [-0.3, -0.25) is 4.68 Å². The minimum absolute atomic E-state index is 0.235. The van der Waals surface area contributed by atoms with Gasteiger partial charge in [0, 0.05) is 13.5 Å². The SMILES string of the molecule is CNCC(Cc1ncnn1C)C1CCS(=O)(=O)C1. The molecular weight excluding hydrogens is 252 g/mol. The summed E-state index contributed by atoms with van der Waals surface area (Å²) in [6, 6.07) is 0. The molecule has 1 aliphatic rings. The molecule has 102 valence electrons. The van der Waals surface area contributed by atoms with Crippen LogP contribution in [0.4, 0.5) is 0 Å². The highest BCUT2D eigenvalue weighted by molar-refractivity contribution is 7.91. The van der Waals surface area contributed by atoms with Gasteiger partial charge in [-0.05, 0) is 31.8 Å². The number of hydrogen-bond donors (Lipinski definition) is 1. The van der Waals surface area contributed by atoms with Crippen LogP contribution in [-0.4, -0.2) is 48.3 Å². The van der Waals surface area contributed by atoms with Crippen LogP contribution in [0, 0.1) is 11.8 Å². The largest absolute Gasteiger partial charge is 0.319 e. The van der Waals surface area contributed by atoms with Gasteiger partial charge in [-0.2, -0.15) is 5.10 Å². The number of sulfone groups is 1. The first-order valence-corrected chi connectivity index (χ1v) is 8.02. The average molecular weight is 272 g/mol. The lowest BCUT2D eigenvalue weighted by Gasteiger charge is -2.21. The fourth-order valence-electron chi connectivity index (χ4n) is 2.60. The Bertz CT molecular complexity index is 497. The Hall–Kier alpha value is -0.950. The van der Waals surface area contributed by atoms with Crippen LogP contribution in [0.1, 0.15) is 12.2 Å². The molecular formula is C11H20N4O2S. The van der Waals surface area contributed by atoms with E-state index >= 15 is 0 Å². The topological polar surface area (TPSA) is 76.9 Å². The van der Waals surface area contributed by atoms with Crippen molar-refractivity contribution in [1.82, 2.24) is 20.1 Å². The molecule has 0 amide bonds. The summed E-state index contributed by atoms with van der Waals surface area (Å²) in [4.78, 5) is 4.22. The van der Waals surface area contributed by atoms with Gasteiger partial charge < -0.3 is 5.32 Å². The van der Waals surface area contributed by atoms with E-state index in [4.69, 9.17) is 0 Å². The number of aryl methyl sites for hydroxylation is 1. The van der Waals surface area contributed by atoms with Crippen molar-refractivity contribution in [3.63, 3.8) is 0 Å². The van der Waals surface area contributed by atoms with Crippen molar-refractivity contribution in [2.45, 2.75) is 12.8 Å². The summed E-state index contributed by atoms with van der Waals surface area (Å²) in [6.45, 7) is 0.813. The molecule has 2 rings (SSSR count). The lowest BCUT2D eigenvalue weighted by Crippen LogP contribution is -2.29. The maximum absolute atomic E-state index is 11.6. The molecule has 1 aromatic heterocycles. The van der Waals surface area contributed by atoms with Crippen LogP contribution in [0.25, 0.3) is 0 Å². The molecule has 1 N–H and O–H groups in total. The van der Waals surface area contributed by atoms with Gasteiger partial charge in [-0.25, -0.2) is 13.4 Å². The number of rotatable bonds is 5. The molecule has 1 saturated heterocycles. The highest BCUT2D eigenvalue weighted by atomic mass is 32.2. The summed E-state index contributed by atoms with van der Waals surface area (Å²) in [6.07, 6.45) is 3.08. The van der Waals surface area contributed by atoms with Gasteiger partial charge in [0.15, 0.2) is 9.84 Å². The molecule has 7 heteroatoms. The molecule has 6 nitrogen and oxygen atoms in total. The summed E-state index contributed by atoms with van der Waals surface area (Å²) in [7, 11) is 0.943. The molecule has 1 aliphatic heterocycles. The molecule has 2 heterocycles. The van der Waals surface area contributed by atoms with Crippen LogP contribution in [0.5, 0.6) is 0 Å². The van der Waals surface area contributed by atoms with Gasteiger partial charge in [0.25, 0.3) is 0 Å². The van der Waals surface area contributed by atoms with Crippen molar-refractivity contribution in [3.8, 4) is 0 Å². The molecule has 0 bridgehead atoms. The van der Waals surface area contributed by atoms with Crippen LogP contribution in [0.3, 0.4) is 0 Å². The zero-order valence-corrected chi connectivity index (χ0v) is 11.7. The van der Waals surface area contributed by atoms with E-state index in [0.29, 0.717) is 17.4 Å². The highest BCUT2D eigenvalue weighted by Crippen LogP contribution is 2.27. The van der Waals surface area contributed by atoms with E-state index in [-0.39, 0.29) is 5.92 Å². The fraction of sp³-hybridized carbons (Fsp3) is 0.818. The standard InChI is InChI=1S/C11H20N4O2S/c1-12-6-10(5-11-13-8-14-15(11)2)9-3-4-18(16,17)7-9/h8-10,12H,3-7H2,1-2H3. The van der Waals surface area contributed by atoms with Crippen molar-refractivity contribution in [2.75, 3.05) is 25.1 Å². The van der Waals surface area contributed by atoms with Gasteiger partial charge in [0.05, 0.1) is 11.5 Å². The van der Waals surface area contributed by atoms with E-state index < -0.39 is 9.84 Å². The Morgan fingerprint density at radius 1 is 1.61 bits per heavy atom. The van der Waals surface area contributed by atoms with E-state index in [1.807, 2.05) is 14.1 Å². The predicted molar refractivity (Wildman–Crippen MR) is 68.9 cm³/mol. The van der Waals surface area contributed by atoms with E-state index in [9.17, 15) is 8.42 Å². The third-order valence-electron chi connectivity index (χ3n) is 3.65. The summed E-state index contributed by atoms with van der Waals surface area (Å²) in [5.74, 6) is 2.10. The van der Waals surface area contributed by atoms with Crippen molar-refractivity contribution >= 4 is 9.84 Å². The minimum Gasteiger partial charge on any atom is -0.319 e. The van der Waals surface area contributed by atoms with E-state index in [2.05, 4.69) is 15.4 Å². The second kappa shape index (κ2) is 5.36. The zero-order chi connectivity index (χ0) is 13.2.